The lowest BCUT2D eigenvalue weighted by atomic mass is 10.1. The van der Waals surface area contributed by atoms with Crippen molar-refractivity contribution in [3.63, 3.8) is 0 Å². The van der Waals surface area contributed by atoms with Gasteiger partial charge >= 0.3 is 0 Å². The number of nitrogens with one attached hydrogen (secondary N) is 3. The van der Waals surface area contributed by atoms with Crippen molar-refractivity contribution in [2.75, 3.05) is 38.7 Å². The average molecular weight is 319 g/mol. The van der Waals surface area contributed by atoms with Gasteiger partial charge < -0.3 is 26.8 Å². The minimum absolute atomic E-state index is 0.120. The number of thioether (sulfide) groups is 1. The van der Waals surface area contributed by atoms with Crippen LogP contribution in [-0.2, 0) is 4.79 Å². The minimum atomic E-state index is -0.481. The summed E-state index contributed by atoms with van der Waals surface area (Å²) in [5.41, 5.74) is 5.83. The summed E-state index contributed by atoms with van der Waals surface area (Å²) in [6, 6.07) is -0.481. The molecule has 2 atom stereocenters. The third kappa shape index (κ3) is 11.4. The Labute approximate surface area is 131 Å². The van der Waals surface area contributed by atoms with Crippen LogP contribution in [0.5, 0.6) is 0 Å². The zero-order valence-electron chi connectivity index (χ0n) is 13.2. The number of carbonyl (C=O) groups is 1. The molecule has 0 spiro atoms. The van der Waals surface area contributed by atoms with Crippen LogP contribution < -0.4 is 21.7 Å². The Morgan fingerprint density at radius 2 is 2.10 bits per heavy atom. The van der Waals surface area contributed by atoms with Gasteiger partial charge in [0.15, 0.2) is 5.96 Å². The van der Waals surface area contributed by atoms with Gasteiger partial charge in [-0.25, -0.2) is 0 Å². The molecule has 0 aromatic rings. The van der Waals surface area contributed by atoms with Gasteiger partial charge in [0.25, 0.3) is 0 Å². The summed E-state index contributed by atoms with van der Waals surface area (Å²) in [6.07, 6.45) is 1.11. The predicted octanol–water partition coefficient (Wildman–Crippen LogP) is -0.881. The van der Waals surface area contributed by atoms with E-state index in [0.717, 1.165) is 24.7 Å². The van der Waals surface area contributed by atoms with Gasteiger partial charge in [0, 0.05) is 38.7 Å². The molecule has 0 saturated heterocycles. The summed E-state index contributed by atoms with van der Waals surface area (Å²) in [7, 11) is 3.50. The highest BCUT2D eigenvalue weighted by molar-refractivity contribution is 7.99. The van der Waals surface area contributed by atoms with E-state index in [1.165, 1.54) is 0 Å². The maximum absolute atomic E-state index is 11.7. The largest absolute Gasteiger partial charge is 0.393 e. The van der Waals surface area contributed by atoms with Crippen LogP contribution in [0.25, 0.3) is 0 Å². The molecular weight excluding hydrogens is 290 g/mol. The summed E-state index contributed by atoms with van der Waals surface area (Å²) in [6.45, 7) is 3.05. The molecule has 0 rings (SSSR count). The highest BCUT2D eigenvalue weighted by Crippen LogP contribution is 2.01. The number of nitrogens with zero attached hydrogens (tertiary/aromatic N) is 1. The van der Waals surface area contributed by atoms with Crippen molar-refractivity contribution < 1.29 is 9.90 Å². The molecule has 8 heteroatoms. The third-order valence-electron chi connectivity index (χ3n) is 2.69. The molecule has 7 nitrogen and oxygen atoms in total. The Hall–Kier alpha value is -0.990. The number of hydrogen-bond acceptors (Lipinski definition) is 5. The normalized spacial score (nSPS) is 14.4. The summed E-state index contributed by atoms with van der Waals surface area (Å²) >= 11 is 1.61. The number of carbonyl (C=O) groups excluding carboxylic acids is 1. The Kier molecular flexibility index (Phi) is 12.1. The van der Waals surface area contributed by atoms with Crippen LogP contribution in [-0.4, -0.2) is 67.8 Å². The summed E-state index contributed by atoms with van der Waals surface area (Å²) < 4.78 is 0. The van der Waals surface area contributed by atoms with E-state index < -0.39 is 6.04 Å². The molecule has 1 amide bonds. The van der Waals surface area contributed by atoms with Crippen LogP contribution in [0.15, 0.2) is 4.99 Å². The number of amides is 1. The fourth-order valence-corrected chi connectivity index (χ4v) is 2.32. The second kappa shape index (κ2) is 12.7. The van der Waals surface area contributed by atoms with E-state index >= 15 is 0 Å². The second-order valence-corrected chi connectivity index (χ2v) is 5.86. The zero-order valence-corrected chi connectivity index (χ0v) is 14.0. The molecular formula is C13H29N5O2S. The van der Waals surface area contributed by atoms with Gasteiger partial charge in [0.05, 0.1) is 12.1 Å². The Bertz CT molecular complexity index is 313. The van der Waals surface area contributed by atoms with Crippen molar-refractivity contribution in [1.29, 1.82) is 0 Å². The molecule has 0 aliphatic heterocycles. The molecule has 2 unspecified atom stereocenters. The SMILES string of the molecule is CN=C(NC)NCCCC(N)C(=O)NCCSCC(C)O. The predicted molar refractivity (Wildman–Crippen MR) is 89.6 cm³/mol. The van der Waals surface area contributed by atoms with Gasteiger partial charge in [-0.3, -0.25) is 9.79 Å². The van der Waals surface area contributed by atoms with Crippen LogP contribution in [0.2, 0.25) is 0 Å². The molecule has 6 N–H and O–H groups in total. The van der Waals surface area contributed by atoms with E-state index in [1.807, 2.05) is 0 Å². The first-order valence-electron chi connectivity index (χ1n) is 7.18. The first-order valence-corrected chi connectivity index (χ1v) is 8.34. The topological polar surface area (TPSA) is 112 Å². The van der Waals surface area contributed by atoms with Gasteiger partial charge in [-0.1, -0.05) is 0 Å². The highest BCUT2D eigenvalue weighted by atomic mass is 32.2. The van der Waals surface area contributed by atoms with E-state index in [-0.39, 0.29) is 12.0 Å². The molecule has 0 aromatic carbocycles. The Balaban J connectivity index is 3.62. The van der Waals surface area contributed by atoms with Crippen molar-refractivity contribution in [2.45, 2.75) is 31.9 Å². The van der Waals surface area contributed by atoms with Gasteiger partial charge in [-0.15, -0.1) is 0 Å². The molecule has 0 radical (unpaired) electrons. The number of rotatable bonds is 10. The van der Waals surface area contributed by atoms with Crippen LogP contribution in [0.3, 0.4) is 0 Å². The number of nitrogens with two attached hydrogens (primary N) is 1. The molecule has 0 aliphatic carbocycles. The molecule has 124 valence electrons. The first-order chi connectivity index (χ1) is 10.0. The average Bonchev–Trinajstić information content (AvgIpc) is 2.46. The van der Waals surface area contributed by atoms with Crippen molar-refractivity contribution in [1.82, 2.24) is 16.0 Å². The van der Waals surface area contributed by atoms with Crippen LogP contribution in [0, 0.1) is 0 Å². The third-order valence-corrected chi connectivity index (χ3v) is 3.90. The molecule has 0 aliphatic rings. The second-order valence-electron chi connectivity index (χ2n) is 4.71. The van der Waals surface area contributed by atoms with E-state index in [0.29, 0.717) is 18.7 Å². The lowest BCUT2D eigenvalue weighted by Gasteiger charge is -2.13. The number of aliphatic imine (C=N–C) groups is 1. The number of guanidine groups is 1. The monoisotopic (exact) mass is 319 g/mol. The standard InChI is InChI=1S/C13H29N5O2S/c1-10(19)9-21-8-7-17-12(20)11(14)5-4-6-18-13(15-2)16-3/h10-11,19H,4-9,14H2,1-3H3,(H,17,20)(H2,15,16,18). The maximum Gasteiger partial charge on any atom is 0.236 e. The van der Waals surface area contributed by atoms with Gasteiger partial charge in [-0.05, 0) is 19.8 Å². The Morgan fingerprint density at radius 1 is 1.38 bits per heavy atom. The molecule has 21 heavy (non-hydrogen) atoms. The van der Waals surface area contributed by atoms with Crippen molar-refractivity contribution in [3.8, 4) is 0 Å². The van der Waals surface area contributed by atoms with E-state index in [9.17, 15) is 4.79 Å². The minimum Gasteiger partial charge on any atom is -0.393 e. The number of aliphatic hydroxyl groups excluding tert-OH is 1. The number of hydrogen-bond donors (Lipinski definition) is 5. The molecule has 0 fully saturated rings. The van der Waals surface area contributed by atoms with E-state index in [2.05, 4.69) is 20.9 Å². The molecule has 0 aromatic heterocycles. The van der Waals surface area contributed by atoms with Crippen LogP contribution in [0.1, 0.15) is 19.8 Å². The van der Waals surface area contributed by atoms with E-state index in [1.54, 1.807) is 32.8 Å². The molecule has 0 saturated carbocycles. The fourth-order valence-electron chi connectivity index (χ4n) is 1.57. The highest BCUT2D eigenvalue weighted by Gasteiger charge is 2.12. The van der Waals surface area contributed by atoms with Gasteiger partial charge in [-0.2, -0.15) is 11.8 Å². The lowest BCUT2D eigenvalue weighted by Crippen LogP contribution is -2.42. The van der Waals surface area contributed by atoms with Gasteiger partial charge in [0.2, 0.25) is 5.91 Å². The Morgan fingerprint density at radius 3 is 2.67 bits per heavy atom. The zero-order chi connectivity index (χ0) is 16.1. The lowest BCUT2D eigenvalue weighted by molar-refractivity contribution is -0.122. The molecule has 0 heterocycles. The maximum atomic E-state index is 11.7. The smallest absolute Gasteiger partial charge is 0.236 e. The van der Waals surface area contributed by atoms with Crippen LogP contribution in [0.4, 0.5) is 0 Å². The first kappa shape index (κ1) is 20.0. The van der Waals surface area contributed by atoms with E-state index in [4.69, 9.17) is 10.8 Å². The summed E-state index contributed by atoms with van der Waals surface area (Å²) in [5.74, 6) is 2.07. The summed E-state index contributed by atoms with van der Waals surface area (Å²) in [5, 5.41) is 17.9. The van der Waals surface area contributed by atoms with Gasteiger partial charge in [0.1, 0.15) is 0 Å². The molecule has 0 bridgehead atoms. The van der Waals surface area contributed by atoms with Crippen molar-refractivity contribution >= 4 is 23.6 Å². The number of aliphatic hydroxyl groups is 1. The van der Waals surface area contributed by atoms with Crippen molar-refractivity contribution in [3.05, 3.63) is 0 Å². The fraction of sp³-hybridized carbons (Fsp3) is 0.846. The quantitative estimate of drug-likeness (QED) is 0.203. The van der Waals surface area contributed by atoms with Crippen LogP contribution >= 0.6 is 11.8 Å². The summed E-state index contributed by atoms with van der Waals surface area (Å²) in [4.78, 5) is 15.7. The van der Waals surface area contributed by atoms with Crippen molar-refractivity contribution in [2.24, 2.45) is 10.7 Å².